The summed E-state index contributed by atoms with van der Waals surface area (Å²) in [5.74, 6) is -2.15. The number of nitrogens with zero attached hydrogens (tertiary/aromatic N) is 2. The number of Topliss-reactive ketones (excluding diaryl/α,β-unsaturated/α-hetero) is 1. The van der Waals surface area contributed by atoms with Gasteiger partial charge in [-0.3, -0.25) is 14.6 Å². The van der Waals surface area contributed by atoms with E-state index in [9.17, 15) is 19.5 Å². The molecular weight excluding hydrogens is 344 g/mol. The molecule has 0 spiro atoms. The van der Waals surface area contributed by atoms with E-state index in [4.69, 9.17) is 0 Å². The summed E-state index contributed by atoms with van der Waals surface area (Å²) in [6.45, 7) is 5.66. The minimum absolute atomic E-state index is 0.323. The number of hydrogen-bond acceptors (Lipinski definition) is 4. The van der Waals surface area contributed by atoms with Crippen LogP contribution in [0.25, 0.3) is 0 Å². The van der Waals surface area contributed by atoms with E-state index in [0.717, 1.165) is 18.4 Å². The lowest BCUT2D eigenvalue weighted by atomic mass is 9.79. The highest BCUT2D eigenvalue weighted by Gasteiger charge is 2.50. The molecule has 1 N–H and O–H groups in total. The van der Waals surface area contributed by atoms with Crippen molar-refractivity contribution in [3.63, 3.8) is 0 Å². The molecule has 0 aliphatic carbocycles. The van der Waals surface area contributed by atoms with Crippen LogP contribution in [0.1, 0.15) is 64.9 Å². The number of amides is 1. The first-order chi connectivity index (χ1) is 12.7. The molecular formula is C21H30N2O4. The molecule has 1 amide bonds. The lowest BCUT2D eigenvalue weighted by Gasteiger charge is -2.44. The second-order valence-electron chi connectivity index (χ2n) is 8.03. The summed E-state index contributed by atoms with van der Waals surface area (Å²) < 4.78 is 0. The quantitative estimate of drug-likeness (QED) is 0.706. The average Bonchev–Trinajstić information content (AvgIpc) is 2.67. The van der Waals surface area contributed by atoms with Crippen molar-refractivity contribution in [1.82, 2.24) is 9.88 Å². The Morgan fingerprint density at radius 3 is 2.63 bits per heavy atom. The average molecular weight is 374 g/mol. The summed E-state index contributed by atoms with van der Waals surface area (Å²) in [4.78, 5) is 43.4. The molecule has 1 atom stereocenters. The topological polar surface area (TPSA) is 87.6 Å². The maximum atomic E-state index is 13.0. The molecule has 6 nitrogen and oxygen atoms in total. The van der Waals surface area contributed by atoms with Gasteiger partial charge in [-0.1, -0.05) is 26.8 Å². The molecule has 1 aliphatic rings. The number of rotatable bonds is 8. The lowest BCUT2D eigenvalue weighted by Crippen LogP contribution is -2.61. The molecule has 0 radical (unpaired) electrons. The second kappa shape index (κ2) is 8.63. The van der Waals surface area contributed by atoms with Gasteiger partial charge in [-0.2, -0.15) is 0 Å². The van der Waals surface area contributed by atoms with E-state index >= 15 is 0 Å². The largest absolute Gasteiger partial charge is 0.479 e. The van der Waals surface area contributed by atoms with Gasteiger partial charge in [-0.05, 0) is 56.6 Å². The Bertz CT molecular complexity index is 687. The van der Waals surface area contributed by atoms with Crippen molar-refractivity contribution in [2.24, 2.45) is 5.41 Å². The van der Waals surface area contributed by atoms with Gasteiger partial charge in [-0.25, -0.2) is 4.79 Å². The van der Waals surface area contributed by atoms with Gasteiger partial charge in [0.05, 0.1) is 0 Å². The molecule has 1 saturated heterocycles. The van der Waals surface area contributed by atoms with Crippen LogP contribution in [0.5, 0.6) is 0 Å². The van der Waals surface area contributed by atoms with Gasteiger partial charge in [0.25, 0.3) is 5.91 Å². The van der Waals surface area contributed by atoms with Crippen LogP contribution in [-0.4, -0.2) is 44.7 Å². The van der Waals surface area contributed by atoms with E-state index in [1.54, 1.807) is 26.2 Å². The number of carboxylic acid groups (broad SMARTS) is 1. The van der Waals surface area contributed by atoms with Gasteiger partial charge >= 0.3 is 5.97 Å². The van der Waals surface area contributed by atoms with Crippen LogP contribution < -0.4 is 0 Å². The third kappa shape index (κ3) is 4.54. The summed E-state index contributed by atoms with van der Waals surface area (Å²) in [5, 5.41) is 10.0. The monoisotopic (exact) mass is 374 g/mol. The van der Waals surface area contributed by atoms with Gasteiger partial charge in [0.2, 0.25) is 5.78 Å². The van der Waals surface area contributed by atoms with Crippen molar-refractivity contribution >= 4 is 17.7 Å². The second-order valence-corrected chi connectivity index (χ2v) is 8.03. The molecule has 1 fully saturated rings. The van der Waals surface area contributed by atoms with Crippen LogP contribution in [-0.2, 0) is 20.8 Å². The van der Waals surface area contributed by atoms with Crippen molar-refractivity contribution in [2.45, 2.75) is 71.3 Å². The number of carboxylic acids is 1. The van der Waals surface area contributed by atoms with Crippen molar-refractivity contribution in [3.8, 4) is 0 Å². The fourth-order valence-corrected chi connectivity index (χ4v) is 3.63. The van der Waals surface area contributed by atoms with Crippen LogP contribution in [0.2, 0.25) is 0 Å². The van der Waals surface area contributed by atoms with Crippen LogP contribution >= 0.6 is 0 Å². The number of ketones is 1. The molecule has 27 heavy (non-hydrogen) atoms. The van der Waals surface area contributed by atoms with Crippen molar-refractivity contribution in [3.05, 3.63) is 30.1 Å². The third-order valence-electron chi connectivity index (χ3n) is 5.85. The Hall–Kier alpha value is -2.24. The Morgan fingerprint density at radius 1 is 1.30 bits per heavy atom. The normalized spacial score (nSPS) is 20.3. The van der Waals surface area contributed by atoms with Crippen LogP contribution in [0.4, 0.5) is 0 Å². The maximum absolute atomic E-state index is 13.0. The van der Waals surface area contributed by atoms with Crippen molar-refractivity contribution < 1.29 is 19.5 Å². The Kier molecular flexibility index (Phi) is 6.73. The summed E-state index contributed by atoms with van der Waals surface area (Å²) in [6.07, 6.45) is 7.51. The zero-order chi connectivity index (χ0) is 20.1. The first kappa shape index (κ1) is 21.1. The molecule has 1 unspecified atom stereocenters. The van der Waals surface area contributed by atoms with Crippen molar-refractivity contribution in [1.29, 1.82) is 0 Å². The minimum Gasteiger partial charge on any atom is -0.479 e. The third-order valence-corrected chi connectivity index (χ3v) is 5.85. The lowest BCUT2D eigenvalue weighted by molar-refractivity contribution is -0.167. The Balaban J connectivity index is 2.21. The zero-order valence-electron chi connectivity index (χ0n) is 16.5. The van der Waals surface area contributed by atoms with E-state index < -0.39 is 28.6 Å². The molecule has 6 heteroatoms. The number of aliphatic carboxylic acids is 1. The van der Waals surface area contributed by atoms with E-state index in [1.165, 1.54) is 4.90 Å². The van der Waals surface area contributed by atoms with Gasteiger partial charge in [0.1, 0.15) is 5.54 Å². The fraction of sp³-hybridized carbons (Fsp3) is 0.619. The van der Waals surface area contributed by atoms with Crippen LogP contribution in [0.3, 0.4) is 0 Å². The summed E-state index contributed by atoms with van der Waals surface area (Å²) in [5.41, 5.74) is -1.04. The van der Waals surface area contributed by atoms with Gasteiger partial charge in [-0.15, -0.1) is 0 Å². The van der Waals surface area contributed by atoms with Gasteiger partial charge in [0, 0.05) is 24.4 Å². The number of hydrogen-bond donors (Lipinski definition) is 1. The van der Waals surface area contributed by atoms with E-state index in [-0.39, 0.29) is 0 Å². The molecule has 2 rings (SSSR count). The fourth-order valence-electron chi connectivity index (χ4n) is 3.63. The predicted octanol–water partition coefficient (Wildman–Crippen LogP) is 3.25. The molecule has 148 valence electrons. The molecule has 1 aliphatic heterocycles. The smallest absolute Gasteiger partial charge is 0.329 e. The Morgan fingerprint density at radius 2 is 2.04 bits per heavy atom. The Labute approximate surface area is 161 Å². The van der Waals surface area contributed by atoms with E-state index in [0.29, 0.717) is 38.6 Å². The number of piperidine rings is 1. The van der Waals surface area contributed by atoms with Crippen LogP contribution in [0, 0.1) is 5.41 Å². The number of likely N-dealkylation sites (tertiary alicyclic amines) is 1. The highest BCUT2D eigenvalue weighted by molar-refractivity contribution is 6.38. The van der Waals surface area contributed by atoms with Gasteiger partial charge < -0.3 is 10.0 Å². The standard InChI is InChI=1S/C21H30N2O4/c1-4-20(2,3)17(24)18(25)23-14-6-5-11-21(23,19(26)27)12-7-9-16-10-8-13-22-15-16/h8,10,13,15H,4-7,9,11-12,14H2,1-3H3,(H,26,27). The van der Waals surface area contributed by atoms with E-state index in [2.05, 4.69) is 4.98 Å². The molecule has 2 heterocycles. The molecule has 0 aromatic carbocycles. The van der Waals surface area contributed by atoms with E-state index in [1.807, 2.05) is 19.1 Å². The predicted molar refractivity (Wildman–Crippen MR) is 102 cm³/mol. The highest BCUT2D eigenvalue weighted by Crippen LogP contribution is 2.35. The number of aryl methyl sites for hydroxylation is 1. The first-order valence-electron chi connectivity index (χ1n) is 9.73. The molecule has 0 bridgehead atoms. The number of carbonyl (C=O) groups is 3. The molecule has 1 aromatic rings. The highest BCUT2D eigenvalue weighted by atomic mass is 16.4. The number of pyridine rings is 1. The first-order valence-corrected chi connectivity index (χ1v) is 9.73. The van der Waals surface area contributed by atoms with Crippen LogP contribution in [0.15, 0.2) is 24.5 Å². The maximum Gasteiger partial charge on any atom is 0.329 e. The van der Waals surface area contributed by atoms with Gasteiger partial charge in [0.15, 0.2) is 0 Å². The molecule has 0 saturated carbocycles. The summed E-state index contributed by atoms with van der Waals surface area (Å²) in [6, 6.07) is 3.81. The van der Waals surface area contributed by atoms with Crippen molar-refractivity contribution in [2.75, 3.05) is 6.54 Å². The SMILES string of the molecule is CCC(C)(C)C(=O)C(=O)N1CCCCC1(CCCc1cccnc1)C(=O)O. The molecule has 1 aromatic heterocycles. The summed E-state index contributed by atoms with van der Waals surface area (Å²) >= 11 is 0. The number of aromatic nitrogens is 1. The minimum atomic E-state index is -1.29. The number of carbonyl (C=O) groups excluding carboxylic acids is 2. The zero-order valence-corrected chi connectivity index (χ0v) is 16.5. The summed E-state index contributed by atoms with van der Waals surface area (Å²) in [7, 11) is 0.